The molecule has 0 rings (SSSR count). The van der Waals surface area contributed by atoms with Crippen LogP contribution in [0, 0.1) is 23.7 Å². The molecule has 0 aliphatic carbocycles. The van der Waals surface area contributed by atoms with Gasteiger partial charge in [0, 0.05) is 141 Å². The van der Waals surface area contributed by atoms with Gasteiger partial charge >= 0.3 is 23.9 Å². The Morgan fingerprint density at radius 2 is 0.621 bits per heavy atom. The van der Waals surface area contributed by atoms with Crippen molar-refractivity contribution in [1.29, 1.82) is 0 Å². The molecule has 0 heterocycles. The quantitative estimate of drug-likeness (QED) is 0.0136. The van der Waals surface area contributed by atoms with Crippen LogP contribution in [0.3, 0.4) is 0 Å². The molecule has 0 aliphatic rings. The van der Waals surface area contributed by atoms with Crippen molar-refractivity contribution in [2.75, 3.05) is 241 Å². The average molecular weight is 2150 g/mol. The van der Waals surface area contributed by atoms with Gasteiger partial charge in [-0.1, -0.05) is 66.8 Å². The summed E-state index contributed by atoms with van der Waals surface area (Å²) >= 11 is 24.8. The van der Waals surface area contributed by atoms with Crippen LogP contribution in [0.2, 0.25) is 0 Å². The van der Waals surface area contributed by atoms with Crippen LogP contribution in [0.15, 0.2) is 0 Å². The Bertz CT molecular complexity index is 2800. The van der Waals surface area contributed by atoms with Crippen molar-refractivity contribution in [1.82, 2.24) is 41.7 Å². The number of nitrogens with zero attached hydrogens (tertiary/aromatic N) is 2. The molecule has 48 heteroatoms. The summed E-state index contributed by atoms with van der Waals surface area (Å²) in [6, 6.07) is 0. The Morgan fingerprint density at radius 1 is 0.331 bits per heavy atom. The second kappa shape index (κ2) is 91.8. The smallest absolute Gasteiger partial charge is 0.306 e. The average Bonchev–Trinajstić information content (AvgIpc) is 0.885. The Morgan fingerprint density at radius 3 is 0.903 bits per heavy atom. The standard InChI is InChI=1S/C36H58Cl2N4O15S.C36H58I2N4O15S.C2H6S2.2CH4S/c2*1-58-25-33(48)41-10-14-55-16-18-57-24-30(45)20-27(36(52)53)4-6-31(46)40-9-13-54-15-17-56-23-29(44)19-26(5-7-34(49)50)35(51)42(11-2-3-28(43)21-37)12-8-39-32(47)22-38;1-3-4-2;2*1-2/h2*26-27H,2-25H2,1H3,(H,39,47)(H,40,46)(H,41,48)(H,49,50)(H,52,53);1-2H3;2*2H,1H3/t2*26-,27?;;;/m00.../s1. The molecule has 124 heavy (non-hydrogen) atoms. The maximum atomic E-state index is 13.5. The third-order valence-corrected chi connectivity index (χ3v) is 20.5. The normalized spacial score (nSPS) is 11.5. The number of Topliss-reactive ketones (excluding diaryl/α,β-unsaturated/α-hetero) is 6. The van der Waals surface area contributed by atoms with E-state index in [0.717, 1.165) is 0 Å². The fourth-order valence-electron chi connectivity index (χ4n) is 10.0. The number of carbonyl (C=O) groups excluding carboxylic acids is 14. The van der Waals surface area contributed by atoms with E-state index in [1.807, 2.05) is 57.7 Å². The molecule has 10 N–H and O–H groups in total. The SMILES string of the molecule is CS.CS.CSCC(=O)NCCOCCOCC(=O)CC(CCC(=O)NCCOCCOCC(=O)C[C@H](CCC(=O)O)C(=O)N(CCCC(=O)CCl)CCNC(=O)CCl)C(=O)O.CSCC(=O)NCCOCCOCC(=O)CC(CCC(=O)NCCOCCOCC(=O)C[C@H](CCC(=O)O)C(=O)N(CCCC(=O)CI)CCNC(=O)CI)C(=O)O.CSSC. The Labute approximate surface area is 791 Å². The zero-order chi connectivity index (χ0) is 94.5. The Hall–Kier alpha value is -4.52. The summed E-state index contributed by atoms with van der Waals surface area (Å²) in [5.74, 6) is -13.1. The highest BCUT2D eigenvalue weighted by atomic mass is 127. The number of carboxylic acids is 4. The van der Waals surface area contributed by atoms with Crippen molar-refractivity contribution in [3.8, 4) is 0 Å². The van der Waals surface area contributed by atoms with E-state index in [1.54, 1.807) is 34.1 Å². The summed E-state index contributed by atoms with van der Waals surface area (Å²) in [6.07, 6.45) is 9.73. The fourth-order valence-corrected chi connectivity index (χ4v) is 11.6. The molecule has 0 saturated carbocycles. The molecule has 0 spiro atoms. The van der Waals surface area contributed by atoms with E-state index in [4.69, 9.17) is 61.1 Å². The summed E-state index contributed by atoms with van der Waals surface area (Å²) in [5.41, 5.74) is 0. The Kier molecular flexibility index (Phi) is 94.7. The van der Waals surface area contributed by atoms with E-state index in [2.05, 4.69) is 69.7 Å². The van der Waals surface area contributed by atoms with Gasteiger partial charge in [0.05, 0.1) is 117 Å². The van der Waals surface area contributed by atoms with Gasteiger partial charge in [-0.05, 0) is 76.1 Å². The largest absolute Gasteiger partial charge is 0.481 e. The van der Waals surface area contributed by atoms with Crippen LogP contribution >= 0.6 is 139 Å². The first-order valence-corrected chi connectivity index (χ1v) is 51.0. The van der Waals surface area contributed by atoms with Gasteiger partial charge in [0.15, 0.2) is 23.1 Å². The molecule has 0 aromatic carbocycles. The van der Waals surface area contributed by atoms with Crippen LogP contribution in [0.1, 0.15) is 103 Å². The summed E-state index contributed by atoms with van der Waals surface area (Å²) in [7, 11) is 3.55. The van der Waals surface area contributed by atoms with Crippen molar-refractivity contribution in [3.05, 3.63) is 0 Å². The molecule has 0 aliphatic heterocycles. The summed E-state index contributed by atoms with van der Waals surface area (Å²) in [6.45, 7) is 1.82. The lowest BCUT2D eigenvalue weighted by Crippen LogP contribution is -2.43. The van der Waals surface area contributed by atoms with Crippen LogP contribution in [0.25, 0.3) is 0 Å². The summed E-state index contributed by atoms with van der Waals surface area (Å²) in [4.78, 5) is 219. The van der Waals surface area contributed by atoms with Crippen molar-refractivity contribution in [3.63, 3.8) is 0 Å². The molecule has 0 radical (unpaired) electrons. The molecule has 0 bridgehead atoms. The lowest BCUT2D eigenvalue weighted by molar-refractivity contribution is -0.145. The van der Waals surface area contributed by atoms with Gasteiger partial charge in [0.2, 0.25) is 47.3 Å². The molecular formula is C76H130Cl2I2N8O30S6. The molecule has 0 fully saturated rings. The monoisotopic (exact) mass is 2150 g/mol. The lowest BCUT2D eigenvalue weighted by atomic mass is 9.95. The number of hydrogen-bond acceptors (Lipinski definition) is 32. The summed E-state index contributed by atoms with van der Waals surface area (Å²) in [5, 5.41) is 53.2. The number of alkyl halides is 4. The molecule has 8 amide bonds. The van der Waals surface area contributed by atoms with Crippen molar-refractivity contribution >= 4 is 245 Å². The van der Waals surface area contributed by atoms with E-state index in [0.29, 0.717) is 35.4 Å². The number of carbonyl (C=O) groups is 18. The molecule has 4 atom stereocenters. The minimum atomic E-state index is -1.21. The van der Waals surface area contributed by atoms with Gasteiger partial charge in [-0.15, -0.1) is 23.2 Å². The highest BCUT2D eigenvalue weighted by Gasteiger charge is 2.31. The molecule has 718 valence electrons. The number of hydrogen-bond donors (Lipinski definition) is 12. The van der Waals surface area contributed by atoms with Crippen LogP contribution in [-0.4, -0.2) is 377 Å². The van der Waals surface area contributed by atoms with Crippen LogP contribution in [-0.2, 0) is 124 Å². The summed E-state index contributed by atoms with van der Waals surface area (Å²) < 4.78 is 43.2. The molecular weight excluding hydrogens is 2020 g/mol. The van der Waals surface area contributed by atoms with Crippen molar-refractivity contribution in [2.24, 2.45) is 23.7 Å². The second-order valence-corrected chi connectivity index (χ2v) is 32.3. The van der Waals surface area contributed by atoms with Gasteiger partial charge in [0.25, 0.3) is 0 Å². The van der Waals surface area contributed by atoms with Crippen molar-refractivity contribution in [2.45, 2.75) is 103 Å². The topological polar surface area (TPSA) is 541 Å². The van der Waals surface area contributed by atoms with Crippen LogP contribution in [0.4, 0.5) is 0 Å². The molecule has 0 saturated heterocycles. The number of aliphatic carboxylic acids is 4. The minimum Gasteiger partial charge on any atom is -0.481 e. The number of thioether (sulfide) groups is 2. The highest BCUT2D eigenvalue weighted by Crippen LogP contribution is 2.20. The van der Waals surface area contributed by atoms with Gasteiger partial charge < -0.3 is 100 Å². The Balaban J connectivity index is -0.000000702. The first kappa shape index (κ1) is 128. The highest BCUT2D eigenvalue weighted by molar-refractivity contribution is 14.1. The van der Waals surface area contributed by atoms with Crippen molar-refractivity contribution < 1.29 is 145 Å². The molecule has 0 aromatic heterocycles. The predicted molar refractivity (Wildman–Crippen MR) is 499 cm³/mol. The number of ether oxygens (including phenoxy) is 8. The number of halogens is 4. The third kappa shape index (κ3) is 83.1. The number of carboxylic acid groups (broad SMARTS) is 4. The van der Waals surface area contributed by atoms with E-state index < -0.39 is 100 Å². The number of ketones is 6. The fraction of sp³-hybridized carbons (Fsp3) is 0.763. The third-order valence-electron chi connectivity index (χ3n) is 16.0. The first-order chi connectivity index (χ1) is 59.4. The number of amides is 8. The van der Waals surface area contributed by atoms with Crippen LogP contribution < -0.4 is 31.9 Å². The second-order valence-electron chi connectivity index (χ2n) is 25.8. The van der Waals surface area contributed by atoms with Gasteiger partial charge in [0.1, 0.15) is 43.9 Å². The molecule has 2 unspecified atom stereocenters. The molecule has 38 nitrogen and oxygen atoms in total. The maximum Gasteiger partial charge on any atom is 0.306 e. The van der Waals surface area contributed by atoms with Crippen LogP contribution in [0.5, 0.6) is 0 Å². The number of rotatable bonds is 79. The van der Waals surface area contributed by atoms with Gasteiger partial charge in [-0.25, -0.2) is 0 Å². The van der Waals surface area contributed by atoms with E-state index >= 15 is 0 Å². The van der Waals surface area contributed by atoms with E-state index in [1.165, 1.54) is 33.3 Å². The lowest BCUT2D eigenvalue weighted by Gasteiger charge is -2.27. The molecule has 0 aromatic rings. The number of nitrogens with one attached hydrogen (secondary N) is 6. The van der Waals surface area contributed by atoms with Gasteiger partial charge in [-0.2, -0.15) is 48.8 Å². The number of thiol groups is 2. The van der Waals surface area contributed by atoms with E-state index in [-0.39, 0.29) is 300 Å². The van der Waals surface area contributed by atoms with E-state index in [9.17, 15) is 107 Å². The maximum absolute atomic E-state index is 13.5. The van der Waals surface area contributed by atoms with Gasteiger partial charge in [-0.3, -0.25) is 86.3 Å². The predicted octanol–water partition coefficient (Wildman–Crippen LogP) is 3.71. The zero-order valence-electron chi connectivity index (χ0n) is 71.6. The first-order valence-electron chi connectivity index (χ1n) is 39.4. The minimum absolute atomic E-state index is 0.00237. The zero-order valence-corrected chi connectivity index (χ0v) is 82.5.